The Balaban J connectivity index is 1.32. The highest BCUT2D eigenvalue weighted by Crippen LogP contribution is 2.16. The highest BCUT2D eigenvalue weighted by Gasteiger charge is 2.20. The maximum Gasteiger partial charge on any atom is 0.252 e. The molecule has 1 saturated heterocycles. The van der Waals surface area contributed by atoms with Gasteiger partial charge in [0.15, 0.2) is 0 Å². The van der Waals surface area contributed by atoms with Gasteiger partial charge in [-0.1, -0.05) is 23.7 Å². The summed E-state index contributed by atoms with van der Waals surface area (Å²) < 4.78 is 0. The van der Waals surface area contributed by atoms with E-state index in [0.29, 0.717) is 18.5 Å². The molecule has 7 heteroatoms. The molecule has 1 aromatic carbocycles. The van der Waals surface area contributed by atoms with Crippen LogP contribution in [0.15, 0.2) is 41.1 Å². The van der Waals surface area contributed by atoms with Gasteiger partial charge in [-0.2, -0.15) is 11.3 Å². The Bertz CT molecular complexity index is 741. The number of nitrogens with zero attached hydrogens (tertiary/aromatic N) is 1. The van der Waals surface area contributed by atoms with Crippen molar-refractivity contribution in [2.24, 2.45) is 0 Å². The molecule has 0 unspecified atom stereocenters. The van der Waals surface area contributed by atoms with Crippen molar-refractivity contribution in [3.8, 4) is 0 Å². The predicted octanol–water partition coefficient (Wildman–Crippen LogP) is 3.30. The number of rotatable bonds is 7. The largest absolute Gasteiger partial charge is 0.353 e. The van der Waals surface area contributed by atoms with Crippen LogP contribution in [0.2, 0.25) is 5.02 Å². The second kappa shape index (κ2) is 9.88. The van der Waals surface area contributed by atoms with Crippen molar-refractivity contribution in [2.45, 2.75) is 31.8 Å². The summed E-state index contributed by atoms with van der Waals surface area (Å²) in [5, 5.41) is 10.3. The van der Waals surface area contributed by atoms with Gasteiger partial charge in [0, 0.05) is 54.6 Å². The lowest BCUT2D eigenvalue weighted by atomic mass is 10.0. The Morgan fingerprint density at radius 1 is 1.15 bits per heavy atom. The Morgan fingerprint density at radius 3 is 2.56 bits per heavy atom. The molecule has 0 spiro atoms. The molecular formula is C20H24ClN3O2S. The third kappa shape index (κ3) is 6.34. The molecular weight excluding hydrogens is 382 g/mol. The van der Waals surface area contributed by atoms with E-state index in [0.717, 1.165) is 37.5 Å². The fourth-order valence-electron chi connectivity index (χ4n) is 3.17. The molecule has 27 heavy (non-hydrogen) atoms. The Hall–Kier alpha value is -1.89. The van der Waals surface area contributed by atoms with Crippen LogP contribution in [-0.4, -0.2) is 42.4 Å². The summed E-state index contributed by atoms with van der Waals surface area (Å²) in [4.78, 5) is 26.3. The number of hydrogen-bond acceptors (Lipinski definition) is 4. The van der Waals surface area contributed by atoms with Gasteiger partial charge in [0.25, 0.3) is 5.91 Å². The molecule has 0 atom stereocenters. The molecule has 5 nitrogen and oxygen atoms in total. The molecule has 1 aromatic heterocycles. The number of piperidine rings is 1. The van der Waals surface area contributed by atoms with Crippen molar-refractivity contribution in [2.75, 3.05) is 19.6 Å². The van der Waals surface area contributed by atoms with E-state index < -0.39 is 0 Å². The van der Waals surface area contributed by atoms with Crippen LogP contribution in [-0.2, 0) is 11.3 Å². The first kappa shape index (κ1) is 19.9. The highest BCUT2D eigenvalue weighted by atomic mass is 35.5. The number of amides is 2. The summed E-state index contributed by atoms with van der Waals surface area (Å²) in [6.07, 6.45) is 2.20. The van der Waals surface area contributed by atoms with Crippen LogP contribution in [0, 0.1) is 0 Å². The molecule has 2 amide bonds. The first-order chi connectivity index (χ1) is 13.1. The highest BCUT2D eigenvalue weighted by molar-refractivity contribution is 7.08. The molecule has 3 rings (SSSR count). The summed E-state index contributed by atoms with van der Waals surface area (Å²) >= 11 is 7.41. The maximum atomic E-state index is 12.1. The lowest BCUT2D eigenvalue weighted by Gasteiger charge is -2.32. The van der Waals surface area contributed by atoms with E-state index in [1.165, 1.54) is 16.9 Å². The van der Waals surface area contributed by atoms with Gasteiger partial charge < -0.3 is 10.6 Å². The fourth-order valence-corrected chi connectivity index (χ4v) is 3.93. The molecule has 0 radical (unpaired) electrons. The summed E-state index contributed by atoms with van der Waals surface area (Å²) in [7, 11) is 0. The molecule has 2 N–H and O–H groups in total. The van der Waals surface area contributed by atoms with Crippen LogP contribution < -0.4 is 10.6 Å². The molecule has 1 fully saturated rings. The smallest absolute Gasteiger partial charge is 0.252 e. The minimum Gasteiger partial charge on any atom is -0.353 e. The Morgan fingerprint density at radius 2 is 1.89 bits per heavy atom. The molecule has 0 saturated carbocycles. The zero-order valence-corrected chi connectivity index (χ0v) is 16.7. The van der Waals surface area contributed by atoms with Crippen molar-refractivity contribution in [3.05, 3.63) is 57.2 Å². The van der Waals surface area contributed by atoms with Gasteiger partial charge >= 0.3 is 0 Å². The number of carbonyl (C=O) groups is 2. The van der Waals surface area contributed by atoms with Crippen LogP contribution in [0.3, 0.4) is 0 Å². The quantitative estimate of drug-likeness (QED) is 0.742. The van der Waals surface area contributed by atoms with Gasteiger partial charge in [-0.05, 0) is 42.0 Å². The first-order valence-corrected chi connectivity index (χ1v) is 10.5. The molecule has 0 aliphatic carbocycles. The fraction of sp³-hybridized carbons (Fsp3) is 0.400. The minimum atomic E-state index is -0.125. The number of likely N-dealkylation sites (tertiary alicyclic amines) is 1. The van der Waals surface area contributed by atoms with Crippen molar-refractivity contribution in [1.29, 1.82) is 0 Å². The average molecular weight is 406 g/mol. The molecule has 1 aliphatic rings. The number of carbonyl (C=O) groups excluding carboxylic acids is 2. The topological polar surface area (TPSA) is 61.4 Å². The maximum absolute atomic E-state index is 12.1. The number of hydrogen-bond donors (Lipinski definition) is 2. The first-order valence-electron chi connectivity index (χ1n) is 9.17. The number of benzene rings is 1. The molecule has 2 aromatic rings. The lowest BCUT2D eigenvalue weighted by Crippen LogP contribution is -2.45. The van der Waals surface area contributed by atoms with E-state index in [-0.39, 0.29) is 17.9 Å². The predicted molar refractivity (Wildman–Crippen MR) is 109 cm³/mol. The Kier molecular flexibility index (Phi) is 7.26. The number of nitrogens with one attached hydrogen (secondary N) is 2. The lowest BCUT2D eigenvalue weighted by molar-refractivity contribution is -0.122. The van der Waals surface area contributed by atoms with E-state index >= 15 is 0 Å². The van der Waals surface area contributed by atoms with Crippen molar-refractivity contribution >= 4 is 34.8 Å². The normalized spacial score (nSPS) is 15.4. The van der Waals surface area contributed by atoms with E-state index in [1.54, 1.807) is 11.4 Å². The minimum absolute atomic E-state index is 0.00299. The second-order valence-electron chi connectivity index (χ2n) is 6.76. The van der Waals surface area contributed by atoms with E-state index in [4.69, 9.17) is 11.6 Å². The summed E-state index contributed by atoms with van der Waals surface area (Å²) in [6, 6.07) is 9.94. The van der Waals surface area contributed by atoms with Crippen molar-refractivity contribution in [3.63, 3.8) is 0 Å². The van der Waals surface area contributed by atoms with Gasteiger partial charge in [-0.3, -0.25) is 14.5 Å². The van der Waals surface area contributed by atoms with Crippen LogP contribution >= 0.6 is 22.9 Å². The SMILES string of the molecule is O=C(CCNC(=O)c1ccsc1)NC1CCN(Cc2ccc(Cl)cc2)CC1. The van der Waals surface area contributed by atoms with Crippen molar-refractivity contribution < 1.29 is 9.59 Å². The van der Waals surface area contributed by atoms with Crippen molar-refractivity contribution in [1.82, 2.24) is 15.5 Å². The van der Waals surface area contributed by atoms with Crippen LogP contribution in [0.25, 0.3) is 0 Å². The standard InChI is InChI=1S/C20H24ClN3O2S/c21-17-3-1-15(2-4-17)13-24-10-6-18(7-11-24)23-19(25)5-9-22-20(26)16-8-12-27-14-16/h1-4,8,12,14,18H,5-7,9-11,13H2,(H,22,26)(H,23,25). The van der Waals surface area contributed by atoms with Gasteiger partial charge in [0.05, 0.1) is 0 Å². The molecule has 0 bridgehead atoms. The van der Waals surface area contributed by atoms with E-state index in [9.17, 15) is 9.59 Å². The molecule has 1 aliphatic heterocycles. The van der Waals surface area contributed by atoms with E-state index in [1.807, 2.05) is 17.5 Å². The van der Waals surface area contributed by atoms with Crippen LogP contribution in [0.4, 0.5) is 0 Å². The third-order valence-electron chi connectivity index (χ3n) is 4.69. The second-order valence-corrected chi connectivity index (χ2v) is 7.98. The van der Waals surface area contributed by atoms with Gasteiger partial charge in [0.2, 0.25) is 5.91 Å². The summed E-state index contributed by atoms with van der Waals surface area (Å²) in [5.41, 5.74) is 1.90. The average Bonchev–Trinajstić information content (AvgIpc) is 3.20. The summed E-state index contributed by atoms with van der Waals surface area (Å²) in [5.74, 6) is -0.128. The summed E-state index contributed by atoms with van der Waals surface area (Å²) in [6.45, 7) is 3.19. The molecule has 2 heterocycles. The van der Waals surface area contributed by atoms with Crippen LogP contribution in [0.1, 0.15) is 35.2 Å². The van der Waals surface area contributed by atoms with Gasteiger partial charge in [-0.15, -0.1) is 0 Å². The Labute approximate surface area is 168 Å². The third-order valence-corrected chi connectivity index (χ3v) is 5.63. The zero-order chi connectivity index (χ0) is 19.1. The van der Waals surface area contributed by atoms with Crippen LogP contribution in [0.5, 0.6) is 0 Å². The van der Waals surface area contributed by atoms with E-state index in [2.05, 4.69) is 27.7 Å². The number of halogens is 1. The zero-order valence-electron chi connectivity index (χ0n) is 15.1. The van der Waals surface area contributed by atoms with Gasteiger partial charge in [-0.25, -0.2) is 0 Å². The molecule has 144 valence electrons. The van der Waals surface area contributed by atoms with Gasteiger partial charge in [0.1, 0.15) is 0 Å². The monoisotopic (exact) mass is 405 g/mol. The number of thiophene rings is 1.